The molecule has 5 nitrogen and oxygen atoms in total. The standard InChI is InChI=1S/C13H11N3O2/c1-7-4-3-5-9-8(2)6-10-14-15-12(13(17)18)16(10)11(7)9/h3-6H,1-2H3,(H,17,18). The fourth-order valence-corrected chi connectivity index (χ4v) is 2.29. The minimum absolute atomic E-state index is 0.0516. The van der Waals surface area contributed by atoms with Crippen molar-refractivity contribution in [2.75, 3.05) is 0 Å². The zero-order valence-corrected chi connectivity index (χ0v) is 10.0. The Balaban J connectivity index is 2.64. The molecule has 2 heterocycles. The third-order valence-corrected chi connectivity index (χ3v) is 3.11. The lowest BCUT2D eigenvalue weighted by Crippen LogP contribution is -2.05. The number of benzene rings is 1. The lowest BCUT2D eigenvalue weighted by atomic mass is 10.1. The number of rotatable bonds is 1. The molecule has 18 heavy (non-hydrogen) atoms. The molecule has 3 rings (SSSR count). The van der Waals surface area contributed by atoms with E-state index >= 15 is 0 Å². The van der Waals surface area contributed by atoms with E-state index in [4.69, 9.17) is 5.11 Å². The van der Waals surface area contributed by atoms with Gasteiger partial charge in [0.25, 0.3) is 0 Å². The number of carbonyl (C=O) groups is 1. The van der Waals surface area contributed by atoms with Crippen molar-refractivity contribution >= 4 is 22.5 Å². The number of nitrogens with zero attached hydrogens (tertiary/aromatic N) is 3. The Morgan fingerprint density at radius 2 is 2.00 bits per heavy atom. The van der Waals surface area contributed by atoms with Crippen LogP contribution in [0.2, 0.25) is 0 Å². The van der Waals surface area contributed by atoms with E-state index in [-0.39, 0.29) is 5.82 Å². The predicted octanol–water partition coefficient (Wildman–Crippen LogP) is 2.20. The van der Waals surface area contributed by atoms with Gasteiger partial charge in [-0.05, 0) is 31.0 Å². The number of aromatic nitrogens is 3. The summed E-state index contributed by atoms with van der Waals surface area (Å²) in [5, 5.41) is 17.9. The van der Waals surface area contributed by atoms with Crippen LogP contribution >= 0.6 is 0 Å². The predicted molar refractivity (Wildman–Crippen MR) is 66.9 cm³/mol. The summed E-state index contributed by atoms with van der Waals surface area (Å²) in [4.78, 5) is 11.2. The van der Waals surface area contributed by atoms with Gasteiger partial charge in [0, 0.05) is 5.39 Å². The molecule has 1 aromatic carbocycles. The van der Waals surface area contributed by atoms with Crippen LogP contribution in [0.1, 0.15) is 21.7 Å². The van der Waals surface area contributed by atoms with Crippen molar-refractivity contribution in [1.29, 1.82) is 0 Å². The zero-order chi connectivity index (χ0) is 12.9. The van der Waals surface area contributed by atoms with Crippen LogP contribution in [0, 0.1) is 13.8 Å². The number of carboxylic acid groups (broad SMARTS) is 1. The van der Waals surface area contributed by atoms with Gasteiger partial charge in [-0.2, -0.15) is 0 Å². The fraction of sp³-hybridized carbons (Fsp3) is 0.154. The van der Waals surface area contributed by atoms with Crippen molar-refractivity contribution in [1.82, 2.24) is 14.6 Å². The molecular formula is C13H11N3O2. The van der Waals surface area contributed by atoms with E-state index < -0.39 is 5.97 Å². The smallest absolute Gasteiger partial charge is 0.374 e. The van der Waals surface area contributed by atoms with Crippen molar-refractivity contribution < 1.29 is 9.90 Å². The molecule has 0 unspecified atom stereocenters. The first kappa shape index (κ1) is 10.7. The monoisotopic (exact) mass is 241 g/mol. The summed E-state index contributed by atoms with van der Waals surface area (Å²) < 4.78 is 1.60. The van der Waals surface area contributed by atoms with E-state index in [9.17, 15) is 4.79 Å². The number of aryl methyl sites for hydroxylation is 2. The second-order valence-electron chi connectivity index (χ2n) is 4.32. The average Bonchev–Trinajstić information content (AvgIpc) is 2.73. The molecule has 0 aliphatic rings. The number of fused-ring (bicyclic) bond motifs is 3. The van der Waals surface area contributed by atoms with E-state index in [2.05, 4.69) is 10.2 Å². The summed E-state index contributed by atoms with van der Waals surface area (Å²) in [6.07, 6.45) is 0. The van der Waals surface area contributed by atoms with Gasteiger partial charge in [-0.3, -0.25) is 4.40 Å². The van der Waals surface area contributed by atoms with Crippen LogP contribution in [-0.4, -0.2) is 25.7 Å². The van der Waals surface area contributed by atoms with E-state index in [0.717, 1.165) is 22.0 Å². The van der Waals surface area contributed by atoms with Crippen LogP contribution in [0.25, 0.3) is 16.6 Å². The quantitative estimate of drug-likeness (QED) is 0.709. The van der Waals surface area contributed by atoms with E-state index in [1.54, 1.807) is 4.40 Å². The van der Waals surface area contributed by atoms with Crippen LogP contribution in [0.15, 0.2) is 24.3 Å². The minimum atomic E-state index is -1.07. The van der Waals surface area contributed by atoms with Gasteiger partial charge in [0.15, 0.2) is 5.65 Å². The molecular weight excluding hydrogens is 230 g/mol. The Labute approximate surface area is 103 Å². The lowest BCUT2D eigenvalue weighted by Gasteiger charge is -2.08. The number of hydrogen-bond donors (Lipinski definition) is 1. The largest absolute Gasteiger partial charge is 0.475 e. The summed E-state index contributed by atoms with van der Waals surface area (Å²) >= 11 is 0. The molecule has 5 heteroatoms. The molecule has 90 valence electrons. The molecule has 0 aliphatic heterocycles. The molecule has 0 fully saturated rings. The molecule has 0 atom stereocenters. The topological polar surface area (TPSA) is 67.5 Å². The van der Waals surface area contributed by atoms with Gasteiger partial charge in [0.1, 0.15) is 0 Å². The number of hydrogen-bond acceptors (Lipinski definition) is 3. The van der Waals surface area contributed by atoms with Gasteiger partial charge in [-0.1, -0.05) is 18.2 Å². The highest BCUT2D eigenvalue weighted by Crippen LogP contribution is 2.24. The van der Waals surface area contributed by atoms with Crippen LogP contribution in [0.5, 0.6) is 0 Å². The van der Waals surface area contributed by atoms with Crippen molar-refractivity contribution in [3.63, 3.8) is 0 Å². The first-order chi connectivity index (χ1) is 8.59. The van der Waals surface area contributed by atoms with Gasteiger partial charge in [0.05, 0.1) is 5.52 Å². The Bertz CT molecular complexity index is 790. The number of carboxylic acids is 1. The number of para-hydroxylation sites is 1. The molecule has 0 bridgehead atoms. The molecule has 2 aromatic heterocycles. The van der Waals surface area contributed by atoms with Crippen molar-refractivity contribution in [3.8, 4) is 0 Å². The number of pyridine rings is 1. The van der Waals surface area contributed by atoms with E-state index in [1.165, 1.54) is 0 Å². The third kappa shape index (κ3) is 1.30. The Hall–Kier alpha value is -2.43. The summed E-state index contributed by atoms with van der Waals surface area (Å²) in [5.74, 6) is -1.12. The van der Waals surface area contributed by atoms with Crippen molar-refractivity contribution in [2.45, 2.75) is 13.8 Å². The van der Waals surface area contributed by atoms with Gasteiger partial charge < -0.3 is 5.11 Å². The molecule has 1 N–H and O–H groups in total. The zero-order valence-electron chi connectivity index (χ0n) is 10.0. The van der Waals surface area contributed by atoms with Crippen LogP contribution in [0.3, 0.4) is 0 Å². The molecule has 3 aromatic rings. The highest BCUT2D eigenvalue weighted by atomic mass is 16.4. The molecule has 0 spiro atoms. The SMILES string of the molecule is Cc1cc2nnc(C(=O)O)n2c2c(C)cccc12. The van der Waals surface area contributed by atoms with Crippen LogP contribution in [-0.2, 0) is 0 Å². The van der Waals surface area contributed by atoms with Crippen LogP contribution in [0.4, 0.5) is 0 Å². The summed E-state index contributed by atoms with van der Waals surface area (Å²) in [5.41, 5.74) is 3.48. The van der Waals surface area contributed by atoms with Gasteiger partial charge in [0.2, 0.25) is 5.82 Å². The Morgan fingerprint density at radius 3 is 2.72 bits per heavy atom. The Kier molecular flexibility index (Phi) is 2.10. The first-order valence-corrected chi connectivity index (χ1v) is 5.57. The molecule has 0 saturated carbocycles. The Morgan fingerprint density at radius 1 is 1.22 bits per heavy atom. The second kappa shape index (κ2) is 3.53. The van der Waals surface area contributed by atoms with Gasteiger partial charge >= 0.3 is 5.97 Å². The average molecular weight is 241 g/mol. The second-order valence-corrected chi connectivity index (χ2v) is 4.32. The van der Waals surface area contributed by atoms with Gasteiger partial charge in [-0.25, -0.2) is 4.79 Å². The van der Waals surface area contributed by atoms with Gasteiger partial charge in [-0.15, -0.1) is 10.2 Å². The maximum atomic E-state index is 11.2. The third-order valence-electron chi connectivity index (χ3n) is 3.11. The summed E-state index contributed by atoms with van der Waals surface area (Å²) in [6, 6.07) is 7.73. The molecule has 0 saturated heterocycles. The van der Waals surface area contributed by atoms with E-state index in [0.29, 0.717) is 5.65 Å². The molecule has 0 aliphatic carbocycles. The molecule has 0 radical (unpaired) electrons. The van der Waals surface area contributed by atoms with E-state index in [1.807, 2.05) is 38.1 Å². The maximum Gasteiger partial charge on any atom is 0.374 e. The van der Waals surface area contributed by atoms with Crippen molar-refractivity contribution in [3.05, 3.63) is 41.2 Å². The van der Waals surface area contributed by atoms with Crippen LogP contribution < -0.4 is 0 Å². The first-order valence-electron chi connectivity index (χ1n) is 5.57. The lowest BCUT2D eigenvalue weighted by molar-refractivity contribution is 0.0682. The highest BCUT2D eigenvalue weighted by molar-refractivity contribution is 5.92. The normalized spacial score (nSPS) is 11.2. The van der Waals surface area contributed by atoms with Crippen molar-refractivity contribution in [2.24, 2.45) is 0 Å². The number of aromatic carboxylic acids is 1. The summed E-state index contributed by atoms with van der Waals surface area (Å²) in [6.45, 7) is 3.93. The minimum Gasteiger partial charge on any atom is -0.475 e. The summed E-state index contributed by atoms with van der Waals surface area (Å²) in [7, 11) is 0. The maximum absolute atomic E-state index is 11.2. The molecule has 0 amide bonds. The fourth-order valence-electron chi connectivity index (χ4n) is 2.29. The highest BCUT2D eigenvalue weighted by Gasteiger charge is 2.16.